The molecular formula is C17H19FN4O2. The number of carbonyl (C=O) groups excluding carboxylic acids is 1. The van der Waals surface area contributed by atoms with Crippen LogP contribution in [0.5, 0.6) is 0 Å². The molecule has 6 nitrogen and oxygen atoms in total. The van der Waals surface area contributed by atoms with E-state index >= 15 is 0 Å². The van der Waals surface area contributed by atoms with Gasteiger partial charge in [0, 0.05) is 23.8 Å². The van der Waals surface area contributed by atoms with Crippen LogP contribution < -0.4 is 5.32 Å². The van der Waals surface area contributed by atoms with Crippen molar-refractivity contribution in [2.24, 2.45) is 5.92 Å². The van der Waals surface area contributed by atoms with Crippen LogP contribution in [0.4, 0.5) is 4.39 Å². The van der Waals surface area contributed by atoms with E-state index in [2.05, 4.69) is 27.1 Å². The molecule has 2 aromatic rings. The van der Waals surface area contributed by atoms with Crippen molar-refractivity contribution in [3.05, 3.63) is 36.4 Å². The summed E-state index contributed by atoms with van der Waals surface area (Å²) in [5.41, 5.74) is 0.583. The highest BCUT2D eigenvalue weighted by Gasteiger charge is 2.40. The number of nitrogens with zero attached hydrogens (tertiary/aromatic N) is 3. The van der Waals surface area contributed by atoms with E-state index in [0.717, 1.165) is 25.9 Å². The Morgan fingerprint density at radius 2 is 2.08 bits per heavy atom. The molecule has 0 unspecified atom stereocenters. The van der Waals surface area contributed by atoms with Gasteiger partial charge in [-0.15, -0.1) is 0 Å². The zero-order chi connectivity index (χ0) is 16.7. The van der Waals surface area contributed by atoms with Gasteiger partial charge >= 0.3 is 5.91 Å². The summed E-state index contributed by atoms with van der Waals surface area (Å²) >= 11 is 0. The van der Waals surface area contributed by atoms with Crippen LogP contribution in [-0.4, -0.2) is 45.9 Å². The van der Waals surface area contributed by atoms with E-state index in [1.54, 1.807) is 6.07 Å². The lowest BCUT2D eigenvalue weighted by Gasteiger charge is -2.49. The number of carbonyl (C=O) groups is 1. The number of oxazole rings is 1. The molecule has 3 fully saturated rings. The molecule has 5 rings (SSSR count). The van der Waals surface area contributed by atoms with E-state index in [1.165, 1.54) is 18.5 Å². The van der Waals surface area contributed by atoms with Crippen LogP contribution >= 0.6 is 0 Å². The normalized spacial score (nSPS) is 28.8. The van der Waals surface area contributed by atoms with Gasteiger partial charge in [-0.3, -0.25) is 9.69 Å². The molecule has 2 bridgehead atoms. The van der Waals surface area contributed by atoms with Crippen LogP contribution in [0.3, 0.4) is 0 Å². The molecule has 3 aliphatic rings. The Morgan fingerprint density at radius 3 is 2.75 bits per heavy atom. The highest BCUT2D eigenvalue weighted by molar-refractivity contribution is 5.90. The first kappa shape index (κ1) is 15.3. The van der Waals surface area contributed by atoms with Gasteiger partial charge in [0.2, 0.25) is 5.95 Å². The predicted octanol–water partition coefficient (Wildman–Crippen LogP) is 2.09. The number of hydrogen-bond acceptors (Lipinski definition) is 5. The van der Waals surface area contributed by atoms with Gasteiger partial charge < -0.3 is 9.73 Å². The number of nitrogens with one attached hydrogen (secondary N) is 1. The second-order valence-electron chi connectivity index (χ2n) is 6.51. The average molecular weight is 330 g/mol. The fraction of sp³-hybridized carbons (Fsp3) is 0.471. The Morgan fingerprint density at radius 1 is 1.29 bits per heavy atom. The standard InChI is InChI=1S/C17H19FN4O2/c1-10-15(11-4-6-22(10)7-5-11)21-16(23)17-20-9-13(24-17)12-2-3-14(18)19-8-12/h2-3,8-11,15H,4-7H2,1H3,(H,21,23)/t10-,15-/m0/s1. The van der Waals surface area contributed by atoms with Gasteiger partial charge in [0.25, 0.3) is 5.89 Å². The van der Waals surface area contributed by atoms with Crippen LogP contribution in [0.15, 0.2) is 28.9 Å². The largest absolute Gasteiger partial charge is 0.432 e. The van der Waals surface area contributed by atoms with Crippen molar-refractivity contribution in [2.75, 3.05) is 13.1 Å². The maximum Gasteiger partial charge on any atom is 0.307 e. The second-order valence-corrected chi connectivity index (χ2v) is 6.51. The third-order valence-electron chi connectivity index (χ3n) is 5.19. The minimum atomic E-state index is -0.562. The molecular weight excluding hydrogens is 311 g/mol. The minimum Gasteiger partial charge on any atom is -0.432 e. The van der Waals surface area contributed by atoms with E-state index in [-0.39, 0.29) is 17.8 Å². The number of amides is 1. The first-order valence-corrected chi connectivity index (χ1v) is 8.24. The van der Waals surface area contributed by atoms with E-state index in [9.17, 15) is 9.18 Å². The first-order chi connectivity index (χ1) is 11.6. The van der Waals surface area contributed by atoms with Crippen LogP contribution in [0.25, 0.3) is 11.3 Å². The zero-order valence-corrected chi connectivity index (χ0v) is 13.4. The Labute approximate surface area is 139 Å². The predicted molar refractivity (Wildman–Crippen MR) is 84.7 cm³/mol. The van der Waals surface area contributed by atoms with Crippen molar-refractivity contribution in [1.29, 1.82) is 0 Å². The summed E-state index contributed by atoms with van der Waals surface area (Å²) in [4.78, 5) is 22.5. The minimum absolute atomic E-state index is 0.0259. The fourth-order valence-corrected chi connectivity index (χ4v) is 3.79. The lowest BCUT2D eigenvalue weighted by atomic mass is 9.79. The van der Waals surface area contributed by atoms with Gasteiger partial charge in [-0.05, 0) is 50.9 Å². The number of piperidine rings is 3. The van der Waals surface area contributed by atoms with Crippen LogP contribution in [0.2, 0.25) is 0 Å². The van der Waals surface area contributed by atoms with Crippen LogP contribution in [0, 0.1) is 11.9 Å². The lowest BCUT2D eigenvalue weighted by Crippen LogP contribution is -2.62. The SMILES string of the molecule is C[C@H]1[C@H](NC(=O)c2ncc(-c3ccc(F)nc3)o2)C2CCN1CC2. The van der Waals surface area contributed by atoms with E-state index < -0.39 is 5.95 Å². The van der Waals surface area contributed by atoms with Crippen molar-refractivity contribution in [2.45, 2.75) is 31.8 Å². The van der Waals surface area contributed by atoms with Crippen LogP contribution in [-0.2, 0) is 0 Å². The summed E-state index contributed by atoms with van der Waals surface area (Å²) in [7, 11) is 0. The summed E-state index contributed by atoms with van der Waals surface area (Å²) < 4.78 is 18.4. The van der Waals surface area contributed by atoms with E-state index in [0.29, 0.717) is 23.3 Å². The topological polar surface area (TPSA) is 71.3 Å². The number of aromatic nitrogens is 2. The summed E-state index contributed by atoms with van der Waals surface area (Å²) in [5, 5.41) is 3.08. The van der Waals surface area contributed by atoms with Gasteiger partial charge in [0.15, 0.2) is 5.76 Å². The Hall–Kier alpha value is -2.28. The summed E-state index contributed by atoms with van der Waals surface area (Å²) in [6, 6.07) is 3.24. The molecule has 1 N–H and O–H groups in total. The number of rotatable bonds is 3. The van der Waals surface area contributed by atoms with Gasteiger partial charge in [-0.25, -0.2) is 9.97 Å². The molecule has 2 atom stereocenters. The number of fused-ring (bicyclic) bond motifs is 3. The molecule has 3 aliphatic heterocycles. The lowest BCUT2D eigenvalue weighted by molar-refractivity contribution is 0.0210. The maximum atomic E-state index is 12.9. The Bertz CT molecular complexity index is 735. The first-order valence-electron chi connectivity index (χ1n) is 8.24. The monoisotopic (exact) mass is 330 g/mol. The molecule has 0 spiro atoms. The van der Waals surface area contributed by atoms with Gasteiger partial charge in [0.1, 0.15) is 0 Å². The molecule has 1 amide bonds. The molecule has 3 saturated heterocycles. The molecule has 0 radical (unpaired) electrons. The van der Waals surface area contributed by atoms with Crippen molar-refractivity contribution in [1.82, 2.24) is 20.2 Å². The van der Waals surface area contributed by atoms with E-state index in [4.69, 9.17) is 4.42 Å². The average Bonchev–Trinajstić information content (AvgIpc) is 3.09. The van der Waals surface area contributed by atoms with Crippen molar-refractivity contribution >= 4 is 5.91 Å². The molecule has 2 aromatic heterocycles. The number of halogens is 1. The van der Waals surface area contributed by atoms with Crippen molar-refractivity contribution in [3.8, 4) is 11.3 Å². The Kier molecular flexibility index (Phi) is 3.80. The molecule has 0 saturated carbocycles. The summed E-state index contributed by atoms with van der Waals surface area (Å²) in [6.45, 7) is 4.37. The molecule has 0 aliphatic carbocycles. The maximum absolute atomic E-state index is 12.9. The van der Waals surface area contributed by atoms with Crippen LogP contribution in [0.1, 0.15) is 30.5 Å². The van der Waals surface area contributed by atoms with Crippen molar-refractivity contribution < 1.29 is 13.6 Å². The molecule has 126 valence electrons. The number of pyridine rings is 1. The third-order valence-corrected chi connectivity index (χ3v) is 5.19. The molecule has 5 heterocycles. The quantitative estimate of drug-likeness (QED) is 0.873. The third kappa shape index (κ3) is 2.69. The summed E-state index contributed by atoms with van der Waals surface area (Å²) in [6.07, 6.45) is 5.05. The molecule has 24 heavy (non-hydrogen) atoms. The summed E-state index contributed by atoms with van der Waals surface area (Å²) in [5.74, 6) is 0.0757. The smallest absolute Gasteiger partial charge is 0.307 e. The Balaban J connectivity index is 1.48. The van der Waals surface area contributed by atoms with Gasteiger partial charge in [0.05, 0.1) is 6.20 Å². The zero-order valence-electron chi connectivity index (χ0n) is 13.4. The second kappa shape index (κ2) is 5.98. The highest BCUT2D eigenvalue weighted by Crippen LogP contribution is 2.32. The van der Waals surface area contributed by atoms with Gasteiger partial charge in [-0.2, -0.15) is 4.39 Å². The van der Waals surface area contributed by atoms with E-state index in [1.807, 2.05) is 0 Å². The van der Waals surface area contributed by atoms with Gasteiger partial charge in [-0.1, -0.05) is 0 Å². The van der Waals surface area contributed by atoms with Crippen molar-refractivity contribution in [3.63, 3.8) is 0 Å². The number of hydrogen-bond donors (Lipinski definition) is 1. The highest BCUT2D eigenvalue weighted by atomic mass is 19.1. The fourth-order valence-electron chi connectivity index (χ4n) is 3.79. The molecule has 0 aromatic carbocycles. The molecule has 7 heteroatoms.